The summed E-state index contributed by atoms with van der Waals surface area (Å²) in [5.41, 5.74) is 0.230. The first-order valence-corrected chi connectivity index (χ1v) is 9.78. The van der Waals surface area contributed by atoms with Crippen LogP contribution in [0.15, 0.2) is 9.31 Å². The van der Waals surface area contributed by atoms with Crippen LogP contribution in [0.5, 0.6) is 0 Å². The van der Waals surface area contributed by atoms with Gasteiger partial charge in [0.15, 0.2) is 9.84 Å². The molecule has 0 saturated carbocycles. The maximum atomic E-state index is 12.8. The number of hydrogen-bond acceptors (Lipinski definition) is 6. The van der Waals surface area contributed by atoms with E-state index in [1.807, 2.05) is 0 Å². The van der Waals surface area contributed by atoms with Crippen molar-refractivity contribution in [2.75, 3.05) is 18.1 Å². The minimum absolute atomic E-state index is 0.0475. The van der Waals surface area contributed by atoms with E-state index in [1.54, 1.807) is 13.8 Å². The molecular weight excluding hydrogens is 318 g/mol. The third-order valence-corrected chi connectivity index (χ3v) is 7.66. The summed E-state index contributed by atoms with van der Waals surface area (Å²) in [5.74, 6) is 0.167. The van der Waals surface area contributed by atoms with Gasteiger partial charge in [-0.25, -0.2) is 16.8 Å². The molecule has 0 amide bonds. The molecule has 1 saturated heterocycles. The van der Waals surface area contributed by atoms with E-state index in [4.69, 9.17) is 4.42 Å². The maximum absolute atomic E-state index is 12.8. The molecule has 1 aromatic rings. The van der Waals surface area contributed by atoms with Crippen LogP contribution in [0.4, 0.5) is 0 Å². The molecule has 1 fully saturated rings. The lowest BCUT2D eigenvalue weighted by atomic mass is 10.2. The first-order chi connectivity index (χ1) is 9.60. The number of furan rings is 1. The average Bonchev–Trinajstić information content (AvgIpc) is 2.62. The SMILES string of the molecule is Cc1oc(C)c(S(=O)(=O)N2CCS(=O)(=O)CC2C)c1CO. The van der Waals surface area contributed by atoms with Crippen LogP contribution in [0.2, 0.25) is 0 Å². The standard InChI is InChI=1S/C12H19NO6S2/c1-8-7-20(15,16)5-4-13(8)21(17,18)12-10(3)19-9(2)11(12)6-14/h8,14H,4-7H2,1-3H3. The second-order valence-electron chi connectivity index (χ2n) is 5.26. The highest BCUT2D eigenvalue weighted by molar-refractivity contribution is 7.92. The van der Waals surface area contributed by atoms with Gasteiger partial charge in [0.1, 0.15) is 16.4 Å². The van der Waals surface area contributed by atoms with Gasteiger partial charge in [0.05, 0.1) is 18.1 Å². The van der Waals surface area contributed by atoms with Crippen LogP contribution in [-0.4, -0.2) is 50.3 Å². The molecule has 1 aromatic heterocycles. The summed E-state index contributed by atoms with van der Waals surface area (Å²) in [4.78, 5) is -0.0475. The Balaban J connectivity index is 2.49. The van der Waals surface area contributed by atoms with Gasteiger partial charge in [-0.3, -0.25) is 0 Å². The van der Waals surface area contributed by atoms with Gasteiger partial charge in [0, 0.05) is 18.2 Å². The Morgan fingerprint density at radius 3 is 2.48 bits per heavy atom. The van der Waals surface area contributed by atoms with Gasteiger partial charge in [0.2, 0.25) is 10.0 Å². The zero-order valence-corrected chi connectivity index (χ0v) is 13.8. The summed E-state index contributed by atoms with van der Waals surface area (Å²) < 4.78 is 55.2. The van der Waals surface area contributed by atoms with Crippen molar-refractivity contribution in [3.63, 3.8) is 0 Å². The molecule has 0 aliphatic carbocycles. The first kappa shape index (κ1) is 16.5. The van der Waals surface area contributed by atoms with Crippen molar-refractivity contribution in [1.82, 2.24) is 4.31 Å². The highest BCUT2D eigenvalue weighted by atomic mass is 32.2. The first-order valence-electron chi connectivity index (χ1n) is 6.52. The summed E-state index contributed by atoms with van der Waals surface area (Å²) in [6, 6.07) is -0.644. The normalized spacial score (nSPS) is 23.3. The van der Waals surface area contributed by atoms with Gasteiger partial charge in [-0.05, 0) is 20.8 Å². The Kier molecular flexibility index (Phi) is 4.22. The molecule has 1 unspecified atom stereocenters. The molecule has 1 aliphatic rings. The fraction of sp³-hybridized carbons (Fsp3) is 0.667. The summed E-state index contributed by atoms with van der Waals surface area (Å²) >= 11 is 0. The second kappa shape index (κ2) is 5.38. The van der Waals surface area contributed by atoms with Crippen LogP contribution in [0, 0.1) is 13.8 Å². The predicted molar refractivity (Wildman–Crippen MR) is 76.1 cm³/mol. The highest BCUT2D eigenvalue weighted by Crippen LogP contribution is 2.31. The second-order valence-corrected chi connectivity index (χ2v) is 9.32. The van der Waals surface area contributed by atoms with E-state index >= 15 is 0 Å². The number of nitrogens with zero attached hydrogens (tertiary/aromatic N) is 1. The van der Waals surface area contributed by atoms with E-state index in [0.29, 0.717) is 5.76 Å². The number of aliphatic hydroxyl groups excluding tert-OH is 1. The van der Waals surface area contributed by atoms with Crippen molar-refractivity contribution in [2.45, 2.75) is 38.3 Å². The van der Waals surface area contributed by atoms with Gasteiger partial charge in [-0.2, -0.15) is 4.31 Å². The molecule has 0 aromatic carbocycles. The molecule has 7 nitrogen and oxygen atoms in total. The lowest BCUT2D eigenvalue weighted by Crippen LogP contribution is -2.49. The summed E-state index contributed by atoms with van der Waals surface area (Å²) in [6.45, 7) is 4.14. The quantitative estimate of drug-likeness (QED) is 0.844. The number of sulfone groups is 1. The van der Waals surface area contributed by atoms with Crippen molar-refractivity contribution < 1.29 is 26.4 Å². The summed E-state index contributed by atoms with van der Waals surface area (Å²) in [6.07, 6.45) is 0. The van der Waals surface area contributed by atoms with Crippen LogP contribution in [-0.2, 0) is 26.5 Å². The largest absolute Gasteiger partial charge is 0.465 e. The Morgan fingerprint density at radius 2 is 1.95 bits per heavy atom. The molecular formula is C12H19NO6S2. The molecule has 9 heteroatoms. The van der Waals surface area contributed by atoms with Crippen molar-refractivity contribution in [1.29, 1.82) is 0 Å². The average molecular weight is 337 g/mol. The number of sulfonamides is 1. The monoisotopic (exact) mass is 337 g/mol. The van der Waals surface area contributed by atoms with Crippen molar-refractivity contribution in [3.8, 4) is 0 Å². The molecule has 120 valence electrons. The number of aryl methyl sites for hydroxylation is 2. The van der Waals surface area contributed by atoms with Crippen LogP contribution in [0.25, 0.3) is 0 Å². The van der Waals surface area contributed by atoms with E-state index < -0.39 is 32.5 Å². The topological polar surface area (TPSA) is 105 Å². The van der Waals surface area contributed by atoms with Crippen LogP contribution < -0.4 is 0 Å². The highest BCUT2D eigenvalue weighted by Gasteiger charge is 2.39. The van der Waals surface area contributed by atoms with Gasteiger partial charge in [-0.1, -0.05) is 0 Å². The zero-order chi connectivity index (χ0) is 16.0. The minimum Gasteiger partial charge on any atom is -0.465 e. The Morgan fingerprint density at radius 1 is 1.33 bits per heavy atom. The molecule has 0 spiro atoms. The molecule has 1 aliphatic heterocycles. The van der Waals surface area contributed by atoms with Crippen LogP contribution >= 0.6 is 0 Å². The molecule has 1 atom stereocenters. The van der Waals surface area contributed by atoms with Crippen molar-refractivity contribution in [3.05, 3.63) is 17.1 Å². The molecule has 21 heavy (non-hydrogen) atoms. The van der Waals surface area contributed by atoms with E-state index in [-0.39, 0.29) is 34.3 Å². The Labute approximate surface area is 124 Å². The van der Waals surface area contributed by atoms with Crippen molar-refractivity contribution >= 4 is 19.9 Å². The predicted octanol–water partition coefficient (Wildman–Crippen LogP) is 0.196. The maximum Gasteiger partial charge on any atom is 0.247 e. The van der Waals surface area contributed by atoms with E-state index in [9.17, 15) is 21.9 Å². The summed E-state index contributed by atoms with van der Waals surface area (Å²) in [5, 5.41) is 9.38. The van der Waals surface area contributed by atoms with Gasteiger partial charge in [-0.15, -0.1) is 0 Å². The zero-order valence-electron chi connectivity index (χ0n) is 12.2. The fourth-order valence-electron chi connectivity index (χ4n) is 2.69. The molecule has 1 N–H and O–H groups in total. The lowest BCUT2D eigenvalue weighted by Gasteiger charge is -2.32. The number of rotatable bonds is 3. The van der Waals surface area contributed by atoms with Crippen molar-refractivity contribution in [2.24, 2.45) is 0 Å². The third-order valence-electron chi connectivity index (χ3n) is 3.66. The van der Waals surface area contributed by atoms with Crippen LogP contribution in [0.3, 0.4) is 0 Å². The summed E-state index contributed by atoms with van der Waals surface area (Å²) in [7, 11) is -7.11. The number of hydrogen-bond donors (Lipinski definition) is 1. The van der Waals surface area contributed by atoms with Crippen LogP contribution in [0.1, 0.15) is 24.0 Å². The lowest BCUT2D eigenvalue weighted by molar-refractivity contribution is 0.275. The molecule has 2 rings (SSSR count). The Hall–Kier alpha value is -0.900. The van der Waals surface area contributed by atoms with Gasteiger partial charge >= 0.3 is 0 Å². The molecule has 0 radical (unpaired) electrons. The minimum atomic E-state index is -3.90. The number of aliphatic hydroxyl groups is 1. The van der Waals surface area contributed by atoms with E-state index in [2.05, 4.69) is 0 Å². The molecule has 0 bridgehead atoms. The van der Waals surface area contributed by atoms with E-state index in [1.165, 1.54) is 11.2 Å². The Bertz CT molecular complexity index is 747. The fourth-order valence-corrected chi connectivity index (χ4v) is 6.49. The van der Waals surface area contributed by atoms with Gasteiger partial charge in [0.25, 0.3) is 0 Å². The van der Waals surface area contributed by atoms with Gasteiger partial charge < -0.3 is 9.52 Å². The third kappa shape index (κ3) is 2.87. The smallest absolute Gasteiger partial charge is 0.247 e. The molecule has 2 heterocycles. The van der Waals surface area contributed by atoms with E-state index in [0.717, 1.165) is 0 Å².